The lowest BCUT2D eigenvalue weighted by Crippen LogP contribution is -2.22. The molecular formula is C16H13ClF2O2. The first-order valence-corrected chi connectivity index (χ1v) is 7.11. The van der Waals surface area contributed by atoms with Crippen LogP contribution in [-0.2, 0) is 12.3 Å². The van der Waals surface area contributed by atoms with Crippen molar-refractivity contribution in [3.05, 3.63) is 59.2 Å². The molecule has 0 aliphatic carbocycles. The molecular weight excluding hydrogens is 298 g/mol. The van der Waals surface area contributed by atoms with Gasteiger partial charge in [0.25, 0.3) is 0 Å². The normalized spacial score (nSPS) is 16.4. The van der Waals surface area contributed by atoms with Crippen LogP contribution in [-0.4, -0.2) is 12.7 Å². The highest BCUT2D eigenvalue weighted by Gasteiger charge is 2.24. The maximum absolute atomic E-state index is 13.8. The molecule has 1 aliphatic heterocycles. The Labute approximate surface area is 126 Å². The van der Waals surface area contributed by atoms with Crippen LogP contribution in [0.15, 0.2) is 36.4 Å². The van der Waals surface area contributed by atoms with Gasteiger partial charge in [0.2, 0.25) is 0 Å². The number of benzene rings is 2. The van der Waals surface area contributed by atoms with E-state index in [1.165, 1.54) is 18.2 Å². The van der Waals surface area contributed by atoms with Gasteiger partial charge in [-0.1, -0.05) is 6.07 Å². The number of ether oxygens (including phenoxy) is 2. The highest BCUT2D eigenvalue weighted by molar-refractivity contribution is 6.17. The second kappa shape index (κ2) is 5.90. The first-order valence-electron chi connectivity index (χ1n) is 6.58. The smallest absolute Gasteiger partial charge is 0.165 e. The van der Waals surface area contributed by atoms with E-state index in [2.05, 4.69) is 0 Å². The monoisotopic (exact) mass is 310 g/mol. The molecule has 0 saturated heterocycles. The van der Waals surface area contributed by atoms with E-state index in [1.54, 1.807) is 18.2 Å². The van der Waals surface area contributed by atoms with Crippen LogP contribution >= 0.6 is 11.6 Å². The fourth-order valence-corrected chi connectivity index (χ4v) is 2.48. The lowest BCUT2D eigenvalue weighted by molar-refractivity contribution is 0.145. The topological polar surface area (TPSA) is 18.5 Å². The first kappa shape index (κ1) is 14.1. The molecule has 1 aliphatic rings. The van der Waals surface area contributed by atoms with E-state index < -0.39 is 5.82 Å². The van der Waals surface area contributed by atoms with Gasteiger partial charge in [0.05, 0.1) is 0 Å². The molecule has 0 fully saturated rings. The Morgan fingerprint density at radius 2 is 2.05 bits per heavy atom. The molecule has 1 unspecified atom stereocenters. The molecule has 5 heteroatoms. The summed E-state index contributed by atoms with van der Waals surface area (Å²) in [7, 11) is 0. The second-order valence-electron chi connectivity index (χ2n) is 4.91. The van der Waals surface area contributed by atoms with Gasteiger partial charge in [0.1, 0.15) is 24.3 Å². The van der Waals surface area contributed by atoms with Crippen LogP contribution in [0, 0.1) is 11.6 Å². The fourth-order valence-electron chi connectivity index (χ4n) is 2.31. The summed E-state index contributed by atoms with van der Waals surface area (Å²) in [6.45, 7) is 0.202. The Kier molecular flexibility index (Phi) is 3.97. The summed E-state index contributed by atoms with van der Waals surface area (Å²) >= 11 is 5.64. The van der Waals surface area contributed by atoms with E-state index in [-0.39, 0.29) is 30.2 Å². The molecule has 0 spiro atoms. The van der Waals surface area contributed by atoms with Crippen LogP contribution in [0.2, 0.25) is 0 Å². The number of hydrogen-bond acceptors (Lipinski definition) is 2. The molecule has 0 saturated carbocycles. The van der Waals surface area contributed by atoms with Gasteiger partial charge in [0.15, 0.2) is 11.6 Å². The largest absolute Gasteiger partial charge is 0.487 e. The van der Waals surface area contributed by atoms with Crippen molar-refractivity contribution in [2.75, 3.05) is 6.61 Å². The maximum Gasteiger partial charge on any atom is 0.165 e. The fraction of sp³-hybridized carbons (Fsp3) is 0.250. The van der Waals surface area contributed by atoms with Crippen molar-refractivity contribution in [1.29, 1.82) is 0 Å². The van der Waals surface area contributed by atoms with E-state index >= 15 is 0 Å². The Hall–Kier alpha value is -1.81. The molecule has 0 bridgehead atoms. The van der Waals surface area contributed by atoms with Crippen molar-refractivity contribution in [1.82, 2.24) is 0 Å². The molecule has 3 rings (SSSR count). The molecule has 2 aromatic carbocycles. The van der Waals surface area contributed by atoms with Gasteiger partial charge in [0, 0.05) is 17.9 Å². The Morgan fingerprint density at radius 3 is 2.81 bits per heavy atom. The van der Waals surface area contributed by atoms with Crippen molar-refractivity contribution in [3.8, 4) is 11.5 Å². The summed E-state index contributed by atoms with van der Waals surface area (Å²) in [6.07, 6.45) is 0.308. The van der Waals surface area contributed by atoms with Gasteiger partial charge in [-0.3, -0.25) is 0 Å². The summed E-state index contributed by atoms with van der Waals surface area (Å²) < 4.78 is 37.9. The Morgan fingerprint density at radius 1 is 1.19 bits per heavy atom. The van der Waals surface area contributed by atoms with Gasteiger partial charge in [-0.2, -0.15) is 0 Å². The number of fused-ring (bicyclic) bond motifs is 1. The number of halogens is 3. The third kappa shape index (κ3) is 3.10. The molecule has 1 atom stereocenters. The highest BCUT2D eigenvalue weighted by atomic mass is 35.5. The van der Waals surface area contributed by atoms with Crippen molar-refractivity contribution in [2.24, 2.45) is 0 Å². The Balaban J connectivity index is 1.62. The van der Waals surface area contributed by atoms with Crippen molar-refractivity contribution < 1.29 is 18.3 Å². The maximum atomic E-state index is 13.8. The summed E-state index contributed by atoms with van der Waals surface area (Å²) in [4.78, 5) is 0. The van der Waals surface area contributed by atoms with Gasteiger partial charge < -0.3 is 9.47 Å². The first-order chi connectivity index (χ1) is 10.2. The van der Waals surface area contributed by atoms with E-state index in [1.807, 2.05) is 0 Å². The van der Waals surface area contributed by atoms with E-state index in [0.29, 0.717) is 17.7 Å². The zero-order valence-corrected chi connectivity index (χ0v) is 11.9. The average molecular weight is 311 g/mol. The highest BCUT2D eigenvalue weighted by Crippen LogP contribution is 2.30. The van der Waals surface area contributed by atoms with Crippen LogP contribution in [0.4, 0.5) is 8.78 Å². The minimum absolute atomic E-state index is 0.162. The van der Waals surface area contributed by atoms with Crippen LogP contribution in [0.3, 0.4) is 0 Å². The van der Waals surface area contributed by atoms with Crippen molar-refractivity contribution in [2.45, 2.75) is 18.4 Å². The lowest BCUT2D eigenvalue weighted by Gasteiger charge is -2.13. The molecule has 2 aromatic rings. The molecule has 1 heterocycles. The zero-order valence-electron chi connectivity index (χ0n) is 11.1. The Bertz CT molecular complexity index is 661. The van der Waals surface area contributed by atoms with Crippen LogP contribution < -0.4 is 9.47 Å². The predicted octanol–water partition coefficient (Wildman–Crippen LogP) is 4.09. The molecule has 110 valence electrons. The van der Waals surface area contributed by atoms with E-state index in [0.717, 1.165) is 5.56 Å². The summed E-state index contributed by atoms with van der Waals surface area (Å²) in [5.41, 5.74) is 1.50. The number of hydrogen-bond donors (Lipinski definition) is 0. The summed E-state index contributed by atoms with van der Waals surface area (Å²) in [6, 6.07) is 9.01. The minimum Gasteiger partial charge on any atom is -0.487 e. The van der Waals surface area contributed by atoms with Crippen LogP contribution in [0.25, 0.3) is 0 Å². The standard InChI is InChI=1S/C16H13ClF2O2/c17-8-10-1-3-16(14(19)5-10)20-9-13-7-11-6-12(18)2-4-15(11)21-13/h1-6,13H,7-9H2. The third-order valence-corrected chi connectivity index (χ3v) is 3.65. The zero-order chi connectivity index (χ0) is 14.8. The SMILES string of the molecule is Fc1ccc2c(c1)CC(COc1ccc(CCl)cc1F)O2. The number of rotatable bonds is 4. The van der Waals surface area contributed by atoms with Gasteiger partial charge >= 0.3 is 0 Å². The second-order valence-corrected chi connectivity index (χ2v) is 5.17. The molecule has 21 heavy (non-hydrogen) atoms. The average Bonchev–Trinajstić information content (AvgIpc) is 2.87. The minimum atomic E-state index is -0.449. The van der Waals surface area contributed by atoms with E-state index in [4.69, 9.17) is 21.1 Å². The van der Waals surface area contributed by atoms with Crippen molar-refractivity contribution in [3.63, 3.8) is 0 Å². The molecule has 0 amide bonds. The van der Waals surface area contributed by atoms with Gasteiger partial charge in [-0.15, -0.1) is 11.6 Å². The quantitative estimate of drug-likeness (QED) is 0.792. The summed E-state index contributed by atoms with van der Waals surface area (Å²) in [5, 5.41) is 0. The van der Waals surface area contributed by atoms with Crippen LogP contribution in [0.1, 0.15) is 11.1 Å². The number of alkyl halides is 1. The third-order valence-electron chi connectivity index (χ3n) is 3.34. The molecule has 2 nitrogen and oxygen atoms in total. The van der Waals surface area contributed by atoms with Crippen LogP contribution in [0.5, 0.6) is 11.5 Å². The lowest BCUT2D eigenvalue weighted by atomic mass is 10.1. The van der Waals surface area contributed by atoms with E-state index in [9.17, 15) is 8.78 Å². The predicted molar refractivity (Wildman–Crippen MR) is 76.0 cm³/mol. The van der Waals surface area contributed by atoms with Gasteiger partial charge in [-0.25, -0.2) is 8.78 Å². The molecule has 0 radical (unpaired) electrons. The molecule has 0 N–H and O–H groups in total. The van der Waals surface area contributed by atoms with Crippen molar-refractivity contribution >= 4 is 11.6 Å². The van der Waals surface area contributed by atoms with Gasteiger partial charge in [-0.05, 0) is 35.9 Å². The summed E-state index contributed by atoms with van der Waals surface area (Å²) in [5.74, 6) is 0.331. The molecule has 0 aromatic heterocycles.